The van der Waals surface area contributed by atoms with E-state index in [1.165, 1.54) is 0 Å². The summed E-state index contributed by atoms with van der Waals surface area (Å²) in [6.07, 6.45) is 1.76. The van der Waals surface area contributed by atoms with Gasteiger partial charge in [-0.15, -0.1) is 0 Å². The van der Waals surface area contributed by atoms with Crippen molar-refractivity contribution >= 4 is 23.6 Å². The van der Waals surface area contributed by atoms with E-state index in [9.17, 15) is 23.6 Å². The summed E-state index contributed by atoms with van der Waals surface area (Å²) in [7, 11) is 0. The van der Waals surface area contributed by atoms with Gasteiger partial charge in [0.25, 0.3) is 5.91 Å². The third-order valence-electron chi connectivity index (χ3n) is 3.87. The highest BCUT2D eigenvalue weighted by Gasteiger charge is 2.33. The topological polar surface area (TPSA) is 96.0 Å². The number of hydrogen-bond donors (Lipinski definition) is 2. The minimum absolute atomic E-state index is 0.346. The predicted octanol–water partition coefficient (Wildman–Crippen LogP) is 1.72. The number of nitriles is 1. The molecular formula is C16H16F2N3O2S. The van der Waals surface area contributed by atoms with Crippen LogP contribution in [0.1, 0.15) is 28.8 Å². The van der Waals surface area contributed by atoms with Crippen LogP contribution >= 0.6 is 11.8 Å². The van der Waals surface area contributed by atoms with Crippen molar-refractivity contribution in [3.63, 3.8) is 0 Å². The van der Waals surface area contributed by atoms with Crippen LogP contribution in [-0.2, 0) is 11.2 Å². The highest BCUT2D eigenvalue weighted by molar-refractivity contribution is 7.99. The second-order valence-electron chi connectivity index (χ2n) is 5.46. The maximum absolute atomic E-state index is 14.1. The van der Waals surface area contributed by atoms with Crippen LogP contribution in [0.15, 0.2) is 12.1 Å². The van der Waals surface area contributed by atoms with Crippen LogP contribution in [-0.4, -0.2) is 28.9 Å². The van der Waals surface area contributed by atoms with Crippen molar-refractivity contribution in [2.75, 3.05) is 11.5 Å². The van der Waals surface area contributed by atoms with Crippen molar-refractivity contribution < 1.29 is 18.4 Å². The molecule has 0 aromatic heterocycles. The van der Waals surface area contributed by atoms with Gasteiger partial charge in [0.2, 0.25) is 5.91 Å². The smallest absolute Gasteiger partial charge is 0.251 e. The van der Waals surface area contributed by atoms with Crippen molar-refractivity contribution in [1.29, 1.82) is 5.26 Å². The Morgan fingerprint density at radius 3 is 2.62 bits per heavy atom. The molecule has 1 aliphatic rings. The predicted molar refractivity (Wildman–Crippen MR) is 85.9 cm³/mol. The molecule has 0 unspecified atom stereocenters. The van der Waals surface area contributed by atoms with Crippen LogP contribution in [0.5, 0.6) is 0 Å². The minimum atomic E-state index is -1.07. The van der Waals surface area contributed by atoms with E-state index in [0.29, 0.717) is 12.8 Å². The zero-order chi connectivity index (χ0) is 17.7. The van der Waals surface area contributed by atoms with Gasteiger partial charge in [-0.25, -0.2) is 8.78 Å². The standard InChI is InChI=1S/C16H16F2N3O2S/c17-12-3-1-11(15(20)23)14(18)10(12)2-4-13(22)21-16(9-19)5-7-24-8-6-16/h1,3-4H,2,5-8H2,(H2,20,23)(H,21,22). The summed E-state index contributed by atoms with van der Waals surface area (Å²) in [6, 6.07) is 4.01. The molecule has 0 spiro atoms. The summed E-state index contributed by atoms with van der Waals surface area (Å²) >= 11 is 1.70. The lowest BCUT2D eigenvalue weighted by Crippen LogP contribution is -2.49. The largest absolute Gasteiger partial charge is 0.366 e. The summed E-state index contributed by atoms with van der Waals surface area (Å²) in [5.41, 5.74) is 3.24. The number of halogens is 2. The number of primary amides is 1. The number of hydrogen-bond acceptors (Lipinski definition) is 4. The third-order valence-corrected chi connectivity index (χ3v) is 4.85. The molecule has 1 aromatic carbocycles. The van der Waals surface area contributed by atoms with Crippen molar-refractivity contribution in [2.24, 2.45) is 5.73 Å². The maximum atomic E-state index is 14.1. The summed E-state index contributed by atoms with van der Waals surface area (Å²) in [4.78, 5) is 23.1. The van der Waals surface area contributed by atoms with Crippen LogP contribution in [0.4, 0.5) is 8.78 Å². The molecular weight excluding hydrogens is 336 g/mol. The number of carbonyl (C=O) groups is 2. The van der Waals surface area contributed by atoms with Crippen LogP contribution in [0.3, 0.4) is 0 Å². The first-order valence-corrected chi connectivity index (χ1v) is 8.45. The molecule has 1 aliphatic heterocycles. The number of nitrogens with one attached hydrogen (secondary N) is 1. The Labute approximate surface area is 142 Å². The van der Waals surface area contributed by atoms with Gasteiger partial charge in [0.1, 0.15) is 17.2 Å². The van der Waals surface area contributed by atoms with E-state index in [-0.39, 0.29) is 6.42 Å². The molecule has 0 atom stereocenters. The molecule has 0 bridgehead atoms. The average Bonchev–Trinajstić information content (AvgIpc) is 2.55. The Kier molecular flexibility index (Phi) is 5.78. The SMILES string of the molecule is N#CC1(NC(=O)[CH]Cc2c(F)ccc(C(N)=O)c2F)CCSCC1. The fourth-order valence-corrected chi connectivity index (χ4v) is 3.63. The number of rotatable bonds is 5. The van der Waals surface area contributed by atoms with E-state index in [1.807, 2.05) is 0 Å². The first kappa shape index (κ1) is 18.2. The van der Waals surface area contributed by atoms with Crippen molar-refractivity contribution in [2.45, 2.75) is 24.8 Å². The van der Waals surface area contributed by atoms with Gasteiger partial charge in [-0.3, -0.25) is 9.59 Å². The molecule has 2 rings (SSSR count). The number of nitrogens with two attached hydrogens (primary N) is 1. The molecule has 2 amide bonds. The van der Waals surface area contributed by atoms with Crippen molar-refractivity contribution in [3.8, 4) is 6.07 Å². The van der Waals surface area contributed by atoms with Gasteiger partial charge >= 0.3 is 0 Å². The lowest BCUT2D eigenvalue weighted by Gasteiger charge is -2.31. The fraction of sp³-hybridized carbons (Fsp3) is 0.375. The summed E-state index contributed by atoms with van der Waals surface area (Å²) < 4.78 is 27.8. The van der Waals surface area contributed by atoms with E-state index >= 15 is 0 Å². The van der Waals surface area contributed by atoms with Gasteiger partial charge in [0.05, 0.1) is 18.1 Å². The molecule has 1 radical (unpaired) electrons. The van der Waals surface area contributed by atoms with Crippen LogP contribution < -0.4 is 11.1 Å². The maximum Gasteiger partial charge on any atom is 0.251 e. The molecule has 0 saturated carbocycles. The molecule has 0 aliphatic carbocycles. The van der Waals surface area contributed by atoms with Crippen molar-refractivity contribution in [1.82, 2.24) is 5.32 Å². The number of nitrogens with zero attached hydrogens (tertiary/aromatic N) is 1. The highest BCUT2D eigenvalue weighted by atomic mass is 32.2. The van der Waals surface area contributed by atoms with Gasteiger partial charge < -0.3 is 11.1 Å². The van der Waals surface area contributed by atoms with E-state index in [0.717, 1.165) is 30.1 Å². The molecule has 5 nitrogen and oxygen atoms in total. The van der Waals surface area contributed by atoms with Crippen LogP contribution in [0, 0.1) is 29.4 Å². The van der Waals surface area contributed by atoms with Gasteiger partial charge in [-0.2, -0.15) is 17.0 Å². The summed E-state index contributed by atoms with van der Waals surface area (Å²) in [5.74, 6) is -2.01. The van der Waals surface area contributed by atoms with Gasteiger partial charge in [0, 0.05) is 5.56 Å². The summed E-state index contributed by atoms with van der Waals surface area (Å²) in [5, 5.41) is 11.9. The lowest BCUT2D eigenvalue weighted by molar-refractivity contribution is -0.119. The van der Waals surface area contributed by atoms with Gasteiger partial charge in [-0.05, 0) is 42.9 Å². The Hall–Kier alpha value is -2.14. The first-order chi connectivity index (χ1) is 11.4. The fourth-order valence-electron chi connectivity index (χ4n) is 2.44. The monoisotopic (exact) mass is 352 g/mol. The number of amides is 2. The average molecular weight is 352 g/mol. The number of benzene rings is 1. The van der Waals surface area contributed by atoms with E-state index in [4.69, 9.17) is 5.73 Å². The quantitative estimate of drug-likeness (QED) is 0.843. The van der Waals surface area contributed by atoms with Gasteiger partial charge in [0.15, 0.2) is 0 Å². The molecule has 3 N–H and O–H groups in total. The normalized spacial score (nSPS) is 16.2. The Morgan fingerprint density at radius 1 is 1.38 bits per heavy atom. The van der Waals surface area contributed by atoms with Gasteiger partial charge in [-0.1, -0.05) is 0 Å². The molecule has 127 valence electrons. The van der Waals surface area contributed by atoms with Crippen LogP contribution in [0.25, 0.3) is 0 Å². The Balaban J connectivity index is 2.05. The summed E-state index contributed by atoms with van der Waals surface area (Å²) in [6.45, 7) is 0. The zero-order valence-corrected chi connectivity index (χ0v) is 13.6. The number of carbonyl (C=O) groups excluding carboxylic acids is 2. The Morgan fingerprint density at radius 2 is 2.04 bits per heavy atom. The molecule has 1 heterocycles. The van der Waals surface area contributed by atoms with Crippen LogP contribution in [0.2, 0.25) is 0 Å². The molecule has 1 saturated heterocycles. The zero-order valence-electron chi connectivity index (χ0n) is 12.8. The molecule has 1 fully saturated rings. The highest BCUT2D eigenvalue weighted by Crippen LogP contribution is 2.26. The van der Waals surface area contributed by atoms with Crippen molar-refractivity contribution in [3.05, 3.63) is 41.3 Å². The molecule has 1 aromatic rings. The van der Waals surface area contributed by atoms with E-state index in [2.05, 4.69) is 11.4 Å². The Bertz CT molecular complexity index is 697. The number of thioether (sulfide) groups is 1. The first-order valence-electron chi connectivity index (χ1n) is 7.29. The minimum Gasteiger partial charge on any atom is -0.366 e. The van der Waals surface area contributed by atoms with E-state index < -0.39 is 40.1 Å². The lowest BCUT2D eigenvalue weighted by atomic mass is 9.93. The second-order valence-corrected chi connectivity index (χ2v) is 6.68. The van der Waals surface area contributed by atoms with E-state index in [1.54, 1.807) is 11.8 Å². The molecule has 24 heavy (non-hydrogen) atoms. The molecule has 8 heteroatoms. The third kappa shape index (κ3) is 4.03. The second kappa shape index (κ2) is 7.62.